The Morgan fingerprint density at radius 1 is 1.25 bits per heavy atom. The van der Waals surface area contributed by atoms with E-state index in [0.717, 1.165) is 38.6 Å². The number of rotatable bonds is 6. The maximum absolute atomic E-state index is 11.4. The predicted molar refractivity (Wildman–Crippen MR) is 66.4 cm³/mol. The van der Waals surface area contributed by atoms with Crippen molar-refractivity contribution in [3.8, 4) is 0 Å². The number of amides is 1. The Labute approximate surface area is 98.8 Å². The van der Waals surface area contributed by atoms with Gasteiger partial charge in [0.05, 0.1) is 6.54 Å². The van der Waals surface area contributed by atoms with E-state index in [1.165, 1.54) is 12.8 Å². The second kappa shape index (κ2) is 7.63. The van der Waals surface area contributed by atoms with Gasteiger partial charge in [-0.2, -0.15) is 0 Å². The molecule has 0 radical (unpaired) electrons. The highest BCUT2D eigenvalue weighted by Gasteiger charge is 2.19. The molecule has 0 aliphatic carbocycles. The zero-order chi connectivity index (χ0) is 11.8. The lowest BCUT2D eigenvalue weighted by molar-refractivity contribution is -0.122. The van der Waals surface area contributed by atoms with Crippen LogP contribution >= 0.6 is 0 Å². The number of piperidine rings is 1. The molecule has 94 valence electrons. The van der Waals surface area contributed by atoms with Crippen molar-refractivity contribution < 1.29 is 4.79 Å². The molecule has 1 amide bonds. The van der Waals surface area contributed by atoms with Crippen LogP contribution in [0.15, 0.2) is 0 Å². The molecule has 0 bridgehead atoms. The van der Waals surface area contributed by atoms with Crippen LogP contribution in [0.2, 0.25) is 0 Å². The number of nitrogens with zero attached hydrogens (tertiary/aromatic N) is 1. The Balaban J connectivity index is 2.14. The monoisotopic (exact) mass is 227 g/mol. The molecule has 1 aliphatic rings. The van der Waals surface area contributed by atoms with Crippen molar-refractivity contribution in [3.05, 3.63) is 0 Å². The summed E-state index contributed by atoms with van der Waals surface area (Å²) in [5, 5.41) is 6.24. The molecule has 0 spiro atoms. The Morgan fingerprint density at radius 2 is 1.94 bits per heavy atom. The first-order valence-corrected chi connectivity index (χ1v) is 6.46. The summed E-state index contributed by atoms with van der Waals surface area (Å²) in [4.78, 5) is 13.7. The zero-order valence-corrected chi connectivity index (χ0v) is 10.6. The average Bonchev–Trinajstić information content (AvgIpc) is 2.28. The van der Waals surface area contributed by atoms with Gasteiger partial charge in [-0.15, -0.1) is 0 Å². The molecule has 1 rings (SSSR count). The average molecular weight is 227 g/mol. The van der Waals surface area contributed by atoms with Crippen LogP contribution in [0.4, 0.5) is 0 Å². The third-order valence-electron chi connectivity index (χ3n) is 3.13. The molecular weight excluding hydrogens is 202 g/mol. The fraction of sp³-hybridized carbons (Fsp3) is 0.917. The van der Waals surface area contributed by atoms with Crippen molar-refractivity contribution in [2.45, 2.75) is 26.7 Å². The number of likely N-dealkylation sites (tertiary alicyclic amines) is 1. The van der Waals surface area contributed by atoms with Gasteiger partial charge in [-0.1, -0.05) is 6.92 Å². The minimum absolute atomic E-state index is 0.160. The van der Waals surface area contributed by atoms with Crippen molar-refractivity contribution in [1.29, 1.82) is 0 Å². The molecule has 4 nitrogen and oxygen atoms in total. The van der Waals surface area contributed by atoms with E-state index < -0.39 is 0 Å². The fourth-order valence-corrected chi connectivity index (χ4v) is 2.15. The van der Waals surface area contributed by atoms with Crippen molar-refractivity contribution in [3.63, 3.8) is 0 Å². The Bertz CT molecular complexity index is 200. The second-order valence-corrected chi connectivity index (χ2v) is 4.48. The summed E-state index contributed by atoms with van der Waals surface area (Å²) in [6, 6.07) is 0. The number of nitrogens with one attached hydrogen (secondary N) is 2. The summed E-state index contributed by atoms with van der Waals surface area (Å²) in [5.74, 6) is 0.957. The third kappa shape index (κ3) is 4.94. The van der Waals surface area contributed by atoms with E-state index >= 15 is 0 Å². The molecule has 2 N–H and O–H groups in total. The summed E-state index contributed by atoms with van der Waals surface area (Å²) in [5.41, 5.74) is 0. The molecule has 0 atom stereocenters. The van der Waals surface area contributed by atoms with Gasteiger partial charge in [-0.25, -0.2) is 0 Å². The van der Waals surface area contributed by atoms with E-state index in [2.05, 4.69) is 22.5 Å². The smallest absolute Gasteiger partial charge is 0.234 e. The van der Waals surface area contributed by atoms with E-state index in [1.54, 1.807) is 0 Å². The van der Waals surface area contributed by atoms with Crippen molar-refractivity contribution in [2.75, 3.05) is 39.3 Å². The molecular formula is C12H25N3O. The first kappa shape index (κ1) is 13.5. The van der Waals surface area contributed by atoms with Crippen LogP contribution in [-0.2, 0) is 4.79 Å². The van der Waals surface area contributed by atoms with Gasteiger partial charge in [-0.3, -0.25) is 9.69 Å². The summed E-state index contributed by atoms with van der Waals surface area (Å²) < 4.78 is 0. The molecule has 1 heterocycles. The van der Waals surface area contributed by atoms with Gasteiger partial charge < -0.3 is 10.6 Å². The molecule has 1 saturated heterocycles. The summed E-state index contributed by atoms with van der Waals surface area (Å²) >= 11 is 0. The van der Waals surface area contributed by atoms with Gasteiger partial charge >= 0.3 is 0 Å². The van der Waals surface area contributed by atoms with Gasteiger partial charge in [0.15, 0.2) is 0 Å². The van der Waals surface area contributed by atoms with Crippen LogP contribution < -0.4 is 10.6 Å². The topological polar surface area (TPSA) is 44.4 Å². The Hall–Kier alpha value is -0.610. The predicted octanol–water partition coefficient (Wildman–Crippen LogP) is 0.444. The molecule has 0 unspecified atom stereocenters. The van der Waals surface area contributed by atoms with Gasteiger partial charge in [0.25, 0.3) is 0 Å². The zero-order valence-electron chi connectivity index (χ0n) is 10.6. The van der Waals surface area contributed by atoms with Crippen LogP contribution in [0.5, 0.6) is 0 Å². The first-order valence-electron chi connectivity index (χ1n) is 6.46. The van der Waals surface area contributed by atoms with Gasteiger partial charge in [0.2, 0.25) is 5.91 Å². The van der Waals surface area contributed by atoms with Crippen LogP contribution in [0.1, 0.15) is 26.7 Å². The second-order valence-electron chi connectivity index (χ2n) is 4.48. The van der Waals surface area contributed by atoms with Crippen molar-refractivity contribution in [2.24, 2.45) is 5.92 Å². The van der Waals surface area contributed by atoms with Gasteiger partial charge in [0.1, 0.15) is 0 Å². The number of carbonyl (C=O) groups is 1. The fourth-order valence-electron chi connectivity index (χ4n) is 2.15. The standard InChI is InChI=1S/C12H25N3O/c1-3-13-9-11-5-7-15(8-6-11)10-12(16)14-4-2/h11,13H,3-10H2,1-2H3,(H,14,16). The quantitative estimate of drug-likeness (QED) is 0.692. The lowest BCUT2D eigenvalue weighted by Gasteiger charge is -2.31. The SMILES string of the molecule is CCNCC1CCN(CC(=O)NCC)CC1. The third-order valence-corrected chi connectivity index (χ3v) is 3.13. The van der Waals surface area contributed by atoms with Crippen molar-refractivity contribution in [1.82, 2.24) is 15.5 Å². The van der Waals surface area contributed by atoms with Crippen LogP contribution in [0.25, 0.3) is 0 Å². The van der Waals surface area contributed by atoms with Crippen LogP contribution in [-0.4, -0.2) is 50.1 Å². The van der Waals surface area contributed by atoms with Crippen LogP contribution in [0.3, 0.4) is 0 Å². The highest BCUT2D eigenvalue weighted by molar-refractivity contribution is 5.77. The summed E-state index contributed by atoms with van der Waals surface area (Å²) in [7, 11) is 0. The van der Waals surface area contributed by atoms with E-state index in [1.807, 2.05) is 6.92 Å². The molecule has 0 aromatic rings. The molecule has 1 aliphatic heterocycles. The highest BCUT2D eigenvalue weighted by Crippen LogP contribution is 2.15. The Kier molecular flexibility index (Phi) is 6.42. The van der Waals surface area contributed by atoms with Crippen LogP contribution in [0, 0.1) is 5.92 Å². The van der Waals surface area contributed by atoms with Gasteiger partial charge in [0, 0.05) is 6.54 Å². The molecule has 0 saturated carbocycles. The highest BCUT2D eigenvalue weighted by atomic mass is 16.2. The van der Waals surface area contributed by atoms with Crippen molar-refractivity contribution >= 4 is 5.91 Å². The van der Waals surface area contributed by atoms with E-state index in [4.69, 9.17) is 0 Å². The number of carbonyl (C=O) groups excluding carboxylic acids is 1. The van der Waals surface area contributed by atoms with Gasteiger partial charge in [-0.05, 0) is 51.9 Å². The van der Waals surface area contributed by atoms with E-state index in [9.17, 15) is 4.79 Å². The molecule has 16 heavy (non-hydrogen) atoms. The maximum Gasteiger partial charge on any atom is 0.234 e. The molecule has 4 heteroatoms. The molecule has 1 fully saturated rings. The first-order chi connectivity index (χ1) is 7.76. The number of hydrogen-bond donors (Lipinski definition) is 2. The lowest BCUT2D eigenvalue weighted by atomic mass is 9.97. The maximum atomic E-state index is 11.4. The Morgan fingerprint density at radius 3 is 2.50 bits per heavy atom. The number of likely N-dealkylation sites (N-methyl/N-ethyl adjacent to an activating group) is 1. The normalized spacial score (nSPS) is 18.6. The summed E-state index contributed by atoms with van der Waals surface area (Å²) in [6.45, 7) is 9.72. The van der Waals surface area contributed by atoms with E-state index in [-0.39, 0.29) is 5.91 Å². The largest absolute Gasteiger partial charge is 0.355 e. The number of hydrogen-bond acceptors (Lipinski definition) is 3. The lowest BCUT2D eigenvalue weighted by Crippen LogP contribution is -2.42. The summed E-state index contributed by atoms with van der Waals surface area (Å²) in [6.07, 6.45) is 2.43. The minimum atomic E-state index is 0.160. The minimum Gasteiger partial charge on any atom is -0.355 e. The van der Waals surface area contributed by atoms with E-state index in [0.29, 0.717) is 6.54 Å². The molecule has 0 aromatic heterocycles. The molecule has 0 aromatic carbocycles.